The van der Waals surface area contributed by atoms with E-state index in [1.165, 1.54) is 0 Å². The molecular weight excluding hydrogens is 332 g/mol. The molecule has 7 heteroatoms. The largest absolute Gasteiger partial charge is 0.490 e. The average Bonchev–Trinajstić information content (AvgIpc) is 3.11. The first-order valence-corrected chi connectivity index (χ1v) is 8.41. The van der Waals surface area contributed by atoms with Crippen molar-refractivity contribution in [1.82, 2.24) is 19.9 Å². The predicted molar refractivity (Wildman–Crippen MR) is 94.6 cm³/mol. The Morgan fingerprint density at radius 1 is 1.19 bits per heavy atom. The Balaban J connectivity index is 1.49. The minimum absolute atomic E-state index is 0.180. The van der Waals surface area contributed by atoms with Gasteiger partial charge in [0.15, 0.2) is 11.5 Å². The van der Waals surface area contributed by atoms with E-state index in [1.54, 1.807) is 41.6 Å². The lowest BCUT2D eigenvalue weighted by Gasteiger charge is -2.13. The van der Waals surface area contributed by atoms with E-state index in [1.807, 2.05) is 18.2 Å². The molecule has 4 rings (SSSR count). The van der Waals surface area contributed by atoms with Gasteiger partial charge in [-0.3, -0.25) is 9.36 Å². The molecule has 0 radical (unpaired) electrons. The lowest BCUT2D eigenvalue weighted by atomic mass is 10.1. The van der Waals surface area contributed by atoms with Crippen LogP contribution in [0.15, 0.2) is 55.2 Å². The van der Waals surface area contributed by atoms with Crippen molar-refractivity contribution < 1.29 is 14.3 Å². The highest BCUT2D eigenvalue weighted by molar-refractivity contribution is 5.94. The van der Waals surface area contributed by atoms with E-state index in [9.17, 15) is 4.79 Å². The van der Waals surface area contributed by atoms with Crippen LogP contribution < -0.4 is 14.8 Å². The van der Waals surface area contributed by atoms with Crippen molar-refractivity contribution in [3.63, 3.8) is 0 Å². The van der Waals surface area contributed by atoms with Gasteiger partial charge in [0.05, 0.1) is 13.2 Å². The van der Waals surface area contributed by atoms with E-state index in [0.717, 1.165) is 17.7 Å². The SMILES string of the molecule is O=C(NCc1cccc2c1OCCCO2)c1ccnc(-n2ccnc2)c1. The maximum Gasteiger partial charge on any atom is 0.251 e. The summed E-state index contributed by atoms with van der Waals surface area (Å²) in [4.78, 5) is 20.8. The summed E-state index contributed by atoms with van der Waals surface area (Å²) in [5, 5.41) is 2.93. The number of fused-ring (bicyclic) bond motifs is 1. The molecule has 1 aliphatic rings. The van der Waals surface area contributed by atoms with Crippen LogP contribution in [-0.4, -0.2) is 33.7 Å². The molecular formula is C19H18N4O3. The molecule has 0 spiro atoms. The van der Waals surface area contributed by atoms with E-state index in [-0.39, 0.29) is 5.91 Å². The summed E-state index contributed by atoms with van der Waals surface area (Å²) in [7, 11) is 0. The first-order chi connectivity index (χ1) is 12.8. The Hall–Kier alpha value is -3.35. The number of hydrogen-bond acceptors (Lipinski definition) is 5. The quantitative estimate of drug-likeness (QED) is 0.781. The van der Waals surface area contributed by atoms with E-state index in [4.69, 9.17) is 9.47 Å². The number of para-hydroxylation sites is 1. The molecule has 0 aliphatic carbocycles. The van der Waals surface area contributed by atoms with Gasteiger partial charge in [0, 0.05) is 42.7 Å². The Labute approximate surface area is 150 Å². The maximum atomic E-state index is 12.5. The monoisotopic (exact) mass is 350 g/mol. The number of hydrogen-bond donors (Lipinski definition) is 1. The van der Waals surface area contributed by atoms with Crippen molar-refractivity contribution in [2.45, 2.75) is 13.0 Å². The lowest BCUT2D eigenvalue weighted by Crippen LogP contribution is -2.23. The normalized spacial score (nSPS) is 13.1. The number of imidazole rings is 1. The molecule has 0 bridgehead atoms. The van der Waals surface area contributed by atoms with Crippen LogP contribution in [0.3, 0.4) is 0 Å². The van der Waals surface area contributed by atoms with Gasteiger partial charge >= 0.3 is 0 Å². The highest BCUT2D eigenvalue weighted by Crippen LogP contribution is 2.33. The second kappa shape index (κ2) is 7.26. The lowest BCUT2D eigenvalue weighted by molar-refractivity contribution is 0.0950. The molecule has 2 aromatic heterocycles. The molecule has 7 nitrogen and oxygen atoms in total. The number of carbonyl (C=O) groups is 1. The van der Waals surface area contributed by atoms with Gasteiger partial charge in [-0.25, -0.2) is 9.97 Å². The number of nitrogens with one attached hydrogen (secondary N) is 1. The fourth-order valence-electron chi connectivity index (χ4n) is 2.77. The van der Waals surface area contributed by atoms with E-state index < -0.39 is 0 Å². The van der Waals surface area contributed by atoms with Crippen molar-refractivity contribution in [3.8, 4) is 17.3 Å². The Morgan fingerprint density at radius 2 is 2.12 bits per heavy atom. The van der Waals surface area contributed by atoms with Crippen LogP contribution >= 0.6 is 0 Å². The number of nitrogens with zero attached hydrogens (tertiary/aromatic N) is 3. The number of rotatable bonds is 4. The molecule has 3 aromatic rings. The summed E-state index contributed by atoms with van der Waals surface area (Å²) >= 11 is 0. The minimum atomic E-state index is -0.180. The average molecular weight is 350 g/mol. The van der Waals surface area contributed by atoms with Crippen LogP contribution in [-0.2, 0) is 6.54 Å². The number of carbonyl (C=O) groups excluding carboxylic acids is 1. The molecule has 1 N–H and O–H groups in total. The third-order valence-electron chi connectivity index (χ3n) is 4.07. The van der Waals surface area contributed by atoms with Crippen LogP contribution in [0.25, 0.3) is 5.82 Å². The Kier molecular flexibility index (Phi) is 4.51. The van der Waals surface area contributed by atoms with Crippen molar-refractivity contribution in [2.75, 3.05) is 13.2 Å². The summed E-state index contributed by atoms with van der Waals surface area (Å²) in [6.45, 7) is 1.60. The summed E-state index contributed by atoms with van der Waals surface area (Å²) < 4.78 is 13.2. The highest BCUT2D eigenvalue weighted by Gasteiger charge is 2.15. The van der Waals surface area contributed by atoms with Gasteiger partial charge in [-0.15, -0.1) is 0 Å². The Morgan fingerprint density at radius 3 is 3.00 bits per heavy atom. The summed E-state index contributed by atoms with van der Waals surface area (Å²) in [6.07, 6.45) is 7.53. The zero-order valence-corrected chi connectivity index (χ0v) is 14.1. The van der Waals surface area contributed by atoms with Gasteiger partial charge in [-0.2, -0.15) is 0 Å². The van der Waals surface area contributed by atoms with Crippen molar-refractivity contribution in [1.29, 1.82) is 0 Å². The third kappa shape index (κ3) is 3.37. The summed E-state index contributed by atoms with van der Waals surface area (Å²) in [6, 6.07) is 9.12. The van der Waals surface area contributed by atoms with E-state index >= 15 is 0 Å². The number of benzene rings is 1. The van der Waals surface area contributed by atoms with Gasteiger partial charge < -0.3 is 14.8 Å². The zero-order chi connectivity index (χ0) is 17.8. The molecule has 0 fully saturated rings. The van der Waals surface area contributed by atoms with Crippen molar-refractivity contribution in [2.24, 2.45) is 0 Å². The third-order valence-corrected chi connectivity index (χ3v) is 4.07. The number of aromatic nitrogens is 3. The first kappa shape index (κ1) is 16.1. The molecule has 132 valence electrons. The molecule has 1 aliphatic heterocycles. The molecule has 1 amide bonds. The van der Waals surface area contributed by atoms with Gasteiger partial charge in [-0.05, 0) is 18.2 Å². The topological polar surface area (TPSA) is 78.3 Å². The fourth-order valence-corrected chi connectivity index (χ4v) is 2.77. The molecule has 0 saturated heterocycles. The number of pyridine rings is 1. The molecule has 0 saturated carbocycles. The molecule has 3 heterocycles. The Bertz CT molecular complexity index is 909. The summed E-state index contributed by atoms with van der Waals surface area (Å²) in [5.41, 5.74) is 1.42. The second-order valence-electron chi connectivity index (χ2n) is 5.85. The molecule has 0 atom stereocenters. The van der Waals surface area contributed by atoms with Gasteiger partial charge in [0.1, 0.15) is 12.1 Å². The highest BCUT2D eigenvalue weighted by atomic mass is 16.5. The molecule has 26 heavy (non-hydrogen) atoms. The van der Waals surface area contributed by atoms with Crippen LogP contribution in [0.1, 0.15) is 22.3 Å². The summed E-state index contributed by atoms with van der Waals surface area (Å²) in [5.74, 6) is 1.89. The van der Waals surface area contributed by atoms with Gasteiger partial charge in [-0.1, -0.05) is 12.1 Å². The number of amides is 1. The smallest absolute Gasteiger partial charge is 0.251 e. The fraction of sp³-hybridized carbons (Fsp3) is 0.211. The van der Waals surface area contributed by atoms with Crippen LogP contribution in [0.4, 0.5) is 0 Å². The number of ether oxygens (including phenoxy) is 2. The molecule has 0 unspecified atom stereocenters. The maximum absolute atomic E-state index is 12.5. The van der Waals surface area contributed by atoms with Crippen LogP contribution in [0.2, 0.25) is 0 Å². The van der Waals surface area contributed by atoms with Crippen LogP contribution in [0, 0.1) is 0 Å². The van der Waals surface area contributed by atoms with Crippen LogP contribution in [0.5, 0.6) is 11.5 Å². The molecule has 1 aromatic carbocycles. The standard InChI is InChI=1S/C19H18N4O3/c24-19(14-5-6-21-17(11-14)23-8-7-20-13-23)22-12-15-3-1-4-16-18(15)26-10-2-9-25-16/h1,3-8,11,13H,2,9-10,12H2,(H,22,24). The zero-order valence-electron chi connectivity index (χ0n) is 14.1. The van der Waals surface area contributed by atoms with Gasteiger partial charge in [0.2, 0.25) is 0 Å². The minimum Gasteiger partial charge on any atom is -0.490 e. The van der Waals surface area contributed by atoms with E-state index in [0.29, 0.717) is 36.9 Å². The van der Waals surface area contributed by atoms with Crippen molar-refractivity contribution >= 4 is 5.91 Å². The van der Waals surface area contributed by atoms with Crippen molar-refractivity contribution in [3.05, 3.63) is 66.4 Å². The second-order valence-corrected chi connectivity index (χ2v) is 5.85. The predicted octanol–water partition coefficient (Wildman–Crippen LogP) is 2.36. The van der Waals surface area contributed by atoms with Gasteiger partial charge in [0.25, 0.3) is 5.91 Å². The first-order valence-electron chi connectivity index (χ1n) is 8.41. The van der Waals surface area contributed by atoms with E-state index in [2.05, 4.69) is 15.3 Å².